The van der Waals surface area contributed by atoms with Crippen LogP contribution in [0.2, 0.25) is 0 Å². The summed E-state index contributed by atoms with van der Waals surface area (Å²) in [6, 6.07) is 4.18. The van der Waals surface area contributed by atoms with Crippen LogP contribution in [0.3, 0.4) is 0 Å². The Morgan fingerprint density at radius 1 is 1.29 bits per heavy atom. The van der Waals surface area contributed by atoms with Crippen molar-refractivity contribution in [1.29, 1.82) is 0 Å². The third kappa shape index (κ3) is 2.14. The minimum Gasteiger partial charge on any atom is -0.492 e. The lowest BCUT2D eigenvalue weighted by molar-refractivity contribution is 0.293. The second kappa shape index (κ2) is 4.06. The molecule has 2 rings (SSSR count). The van der Waals surface area contributed by atoms with Crippen molar-refractivity contribution in [2.45, 2.75) is 39.5 Å². The summed E-state index contributed by atoms with van der Waals surface area (Å²) in [5, 5.41) is 12.4. The molecule has 0 saturated heterocycles. The molecule has 0 fully saturated rings. The number of ether oxygens (including phenoxy) is 1. The molecule has 0 amide bonds. The molecule has 1 N–H and O–H groups in total. The minimum absolute atomic E-state index is 0.0218. The smallest absolute Gasteiger partial charge is 0.132 e. The number of fused-ring (bicyclic) bond motifs is 1. The third-order valence-electron chi connectivity index (χ3n) is 3.06. The number of hydrogen-bond acceptors (Lipinski definition) is 3. The van der Waals surface area contributed by atoms with Gasteiger partial charge in [0.15, 0.2) is 0 Å². The fourth-order valence-electron chi connectivity index (χ4n) is 2.19. The molecule has 0 aromatic heterocycles. The van der Waals surface area contributed by atoms with Gasteiger partial charge < -0.3 is 9.94 Å². The Morgan fingerprint density at radius 3 is 2.59 bits per heavy atom. The molecule has 0 saturated carbocycles. The minimum atomic E-state index is 0.0218. The zero-order valence-electron chi connectivity index (χ0n) is 10.9. The van der Waals surface area contributed by atoms with Crippen molar-refractivity contribution in [1.82, 2.24) is 0 Å². The van der Waals surface area contributed by atoms with Crippen LogP contribution in [0.25, 0.3) is 0 Å². The highest BCUT2D eigenvalue weighted by Crippen LogP contribution is 2.37. The SMILES string of the molecule is Cc1cc2c(c(C(C)(C)C)c1)OCCC2=NO. The first-order chi connectivity index (χ1) is 7.93. The number of oxime groups is 1. The van der Waals surface area contributed by atoms with E-state index in [1.807, 2.05) is 6.07 Å². The maximum Gasteiger partial charge on any atom is 0.132 e. The summed E-state index contributed by atoms with van der Waals surface area (Å²) in [6.07, 6.45) is 0.663. The predicted octanol–water partition coefficient (Wildman–Crippen LogP) is 3.25. The number of benzene rings is 1. The first kappa shape index (κ1) is 12.0. The Bertz CT molecular complexity index is 470. The summed E-state index contributed by atoms with van der Waals surface area (Å²) in [6.45, 7) is 9.12. The Labute approximate surface area is 102 Å². The molecule has 3 heteroatoms. The van der Waals surface area contributed by atoms with E-state index in [1.54, 1.807) is 0 Å². The van der Waals surface area contributed by atoms with Crippen molar-refractivity contribution in [2.75, 3.05) is 6.61 Å². The van der Waals surface area contributed by atoms with Crippen molar-refractivity contribution in [3.05, 3.63) is 28.8 Å². The molecule has 0 unspecified atom stereocenters. The van der Waals surface area contributed by atoms with Gasteiger partial charge in [-0.15, -0.1) is 0 Å². The van der Waals surface area contributed by atoms with Crippen molar-refractivity contribution < 1.29 is 9.94 Å². The largest absolute Gasteiger partial charge is 0.492 e. The van der Waals surface area contributed by atoms with Gasteiger partial charge in [-0.3, -0.25) is 0 Å². The van der Waals surface area contributed by atoms with Gasteiger partial charge in [-0.05, 0) is 24.0 Å². The monoisotopic (exact) mass is 233 g/mol. The van der Waals surface area contributed by atoms with E-state index in [1.165, 1.54) is 11.1 Å². The highest BCUT2D eigenvalue weighted by atomic mass is 16.5. The van der Waals surface area contributed by atoms with E-state index < -0.39 is 0 Å². The van der Waals surface area contributed by atoms with Crippen LogP contribution in [0.4, 0.5) is 0 Å². The lowest BCUT2D eigenvalue weighted by atomic mass is 9.83. The van der Waals surface area contributed by atoms with Crippen LogP contribution < -0.4 is 4.74 Å². The molecule has 1 aliphatic heterocycles. The van der Waals surface area contributed by atoms with Crippen molar-refractivity contribution in [3.63, 3.8) is 0 Å². The van der Waals surface area contributed by atoms with E-state index >= 15 is 0 Å². The van der Waals surface area contributed by atoms with Crippen molar-refractivity contribution in [2.24, 2.45) is 5.16 Å². The average molecular weight is 233 g/mol. The molecule has 17 heavy (non-hydrogen) atoms. The van der Waals surface area contributed by atoms with E-state index in [0.717, 1.165) is 17.0 Å². The lowest BCUT2D eigenvalue weighted by Crippen LogP contribution is -2.22. The van der Waals surface area contributed by atoms with Gasteiger partial charge in [0.25, 0.3) is 0 Å². The summed E-state index contributed by atoms with van der Waals surface area (Å²) in [4.78, 5) is 0. The topological polar surface area (TPSA) is 41.8 Å². The zero-order valence-corrected chi connectivity index (χ0v) is 10.9. The Kier molecular flexibility index (Phi) is 2.86. The van der Waals surface area contributed by atoms with E-state index in [9.17, 15) is 0 Å². The molecular formula is C14H19NO2. The summed E-state index contributed by atoms with van der Waals surface area (Å²) >= 11 is 0. The first-order valence-corrected chi connectivity index (χ1v) is 5.92. The fourth-order valence-corrected chi connectivity index (χ4v) is 2.19. The Hall–Kier alpha value is -1.51. The highest BCUT2D eigenvalue weighted by Gasteiger charge is 2.26. The number of hydrogen-bond donors (Lipinski definition) is 1. The van der Waals surface area contributed by atoms with Crippen molar-refractivity contribution >= 4 is 5.71 Å². The maximum absolute atomic E-state index is 9.05. The van der Waals surface area contributed by atoms with Crippen LogP contribution in [0.1, 0.15) is 43.9 Å². The van der Waals surface area contributed by atoms with Gasteiger partial charge in [0.2, 0.25) is 0 Å². The first-order valence-electron chi connectivity index (χ1n) is 5.92. The van der Waals surface area contributed by atoms with Gasteiger partial charge in [-0.2, -0.15) is 0 Å². The van der Waals surface area contributed by atoms with Gasteiger partial charge in [-0.25, -0.2) is 0 Å². The molecule has 92 valence electrons. The second-order valence-electron chi connectivity index (χ2n) is 5.58. The average Bonchev–Trinajstić information content (AvgIpc) is 2.26. The lowest BCUT2D eigenvalue weighted by Gasteiger charge is -2.28. The summed E-state index contributed by atoms with van der Waals surface area (Å²) in [5.41, 5.74) is 4.02. The number of aryl methyl sites for hydroxylation is 1. The molecule has 3 nitrogen and oxygen atoms in total. The summed E-state index contributed by atoms with van der Waals surface area (Å²) < 4.78 is 5.78. The van der Waals surface area contributed by atoms with E-state index in [2.05, 4.69) is 38.9 Å². The van der Waals surface area contributed by atoms with Gasteiger partial charge in [-0.1, -0.05) is 32.0 Å². The number of rotatable bonds is 0. The van der Waals surface area contributed by atoms with Crippen LogP contribution in [0.15, 0.2) is 17.3 Å². The predicted molar refractivity (Wildman–Crippen MR) is 68.3 cm³/mol. The summed E-state index contributed by atoms with van der Waals surface area (Å²) in [5.74, 6) is 0.877. The molecule has 0 atom stereocenters. The fraction of sp³-hybridized carbons (Fsp3) is 0.500. The Balaban J connectivity index is 2.68. The molecule has 1 heterocycles. The zero-order chi connectivity index (χ0) is 12.6. The number of nitrogens with zero attached hydrogens (tertiary/aromatic N) is 1. The van der Waals surface area contributed by atoms with Crippen LogP contribution in [-0.2, 0) is 5.41 Å². The van der Waals surface area contributed by atoms with E-state index in [-0.39, 0.29) is 5.41 Å². The molecular weight excluding hydrogens is 214 g/mol. The second-order valence-corrected chi connectivity index (χ2v) is 5.58. The molecule has 1 aromatic rings. The van der Waals surface area contributed by atoms with Gasteiger partial charge in [0.1, 0.15) is 5.75 Å². The quantitative estimate of drug-likeness (QED) is 0.552. The molecule has 1 aromatic carbocycles. The third-order valence-corrected chi connectivity index (χ3v) is 3.06. The highest BCUT2D eigenvalue weighted by molar-refractivity contribution is 6.04. The molecule has 1 aliphatic rings. The van der Waals surface area contributed by atoms with Gasteiger partial charge >= 0.3 is 0 Å². The van der Waals surface area contributed by atoms with Gasteiger partial charge in [0, 0.05) is 17.5 Å². The molecule has 0 bridgehead atoms. The van der Waals surface area contributed by atoms with Crippen LogP contribution in [0.5, 0.6) is 5.75 Å². The van der Waals surface area contributed by atoms with Crippen LogP contribution in [-0.4, -0.2) is 17.5 Å². The molecule has 0 radical (unpaired) electrons. The molecule has 0 aliphatic carbocycles. The van der Waals surface area contributed by atoms with Gasteiger partial charge in [0.05, 0.1) is 12.3 Å². The van der Waals surface area contributed by atoms with E-state index in [0.29, 0.717) is 13.0 Å². The Morgan fingerprint density at radius 2 is 2.00 bits per heavy atom. The maximum atomic E-state index is 9.05. The molecule has 0 spiro atoms. The van der Waals surface area contributed by atoms with Crippen LogP contribution in [0, 0.1) is 6.92 Å². The van der Waals surface area contributed by atoms with Crippen LogP contribution >= 0.6 is 0 Å². The standard InChI is InChI=1S/C14H19NO2/c1-9-7-10-12(15-16)5-6-17-13(10)11(8-9)14(2,3)4/h7-8,16H,5-6H2,1-4H3. The van der Waals surface area contributed by atoms with Crippen molar-refractivity contribution in [3.8, 4) is 5.75 Å². The van der Waals surface area contributed by atoms with E-state index in [4.69, 9.17) is 9.94 Å². The summed E-state index contributed by atoms with van der Waals surface area (Å²) in [7, 11) is 0. The normalized spacial score (nSPS) is 17.8.